The third kappa shape index (κ3) is 5.86. The van der Waals surface area contributed by atoms with Crippen LogP contribution in [0.5, 0.6) is 5.75 Å². The van der Waals surface area contributed by atoms with E-state index in [9.17, 15) is 5.11 Å². The lowest BCUT2D eigenvalue weighted by Gasteiger charge is -2.25. The Morgan fingerprint density at radius 1 is 1.04 bits per heavy atom. The van der Waals surface area contributed by atoms with E-state index in [1.54, 1.807) is 6.26 Å². The largest absolute Gasteiger partial charge is 0.491 e. The molecule has 3 rings (SSSR count). The second-order valence-corrected chi connectivity index (χ2v) is 7.47. The van der Waals surface area contributed by atoms with Crippen LogP contribution in [-0.4, -0.2) is 29.3 Å². The maximum atomic E-state index is 10.6. The van der Waals surface area contributed by atoms with Gasteiger partial charge in [0.15, 0.2) is 0 Å². The van der Waals surface area contributed by atoms with Gasteiger partial charge >= 0.3 is 0 Å². The van der Waals surface area contributed by atoms with Crippen molar-refractivity contribution in [2.24, 2.45) is 0 Å². The molecule has 1 unspecified atom stereocenters. The van der Waals surface area contributed by atoms with Gasteiger partial charge in [0.05, 0.1) is 12.8 Å². The van der Waals surface area contributed by atoms with Crippen LogP contribution in [-0.2, 0) is 13.1 Å². The molecule has 0 aliphatic carbocycles. The van der Waals surface area contributed by atoms with E-state index in [1.165, 1.54) is 5.56 Å². The molecular formula is C23H26ClNO3. The molecule has 2 aromatic carbocycles. The maximum Gasteiger partial charge on any atom is 0.122 e. The summed E-state index contributed by atoms with van der Waals surface area (Å²) in [5.74, 6) is 1.67. The highest BCUT2D eigenvalue weighted by Crippen LogP contribution is 2.21. The first-order valence-electron chi connectivity index (χ1n) is 9.37. The number of benzene rings is 2. The lowest BCUT2D eigenvalue weighted by atomic mass is 10.1. The summed E-state index contributed by atoms with van der Waals surface area (Å²) in [6.07, 6.45) is 1.04. The first kappa shape index (κ1) is 20.5. The van der Waals surface area contributed by atoms with Crippen LogP contribution in [0.3, 0.4) is 0 Å². The Bertz CT molecular complexity index is 862. The van der Waals surface area contributed by atoms with Crippen molar-refractivity contribution in [1.82, 2.24) is 4.90 Å². The highest BCUT2D eigenvalue weighted by molar-refractivity contribution is 6.30. The number of furan rings is 1. The van der Waals surface area contributed by atoms with Gasteiger partial charge in [-0.15, -0.1) is 0 Å². The molecule has 0 bridgehead atoms. The Hall–Kier alpha value is -2.27. The molecule has 0 saturated carbocycles. The minimum Gasteiger partial charge on any atom is -0.491 e. The number of aliphatic hydroxyl groups excluding tert-OH is 1. The van der Waals surface area contributed by atoms with E-state index in [4.69, 9.17) is 20.8 Å². The molecule has 0 aliphatic rings. The number of halogens is 1. The van der Waals surface area contributed by atoms with E-state index >= 15 is 0 Å². The van der Waals surface area contributed by atoms with Gasteiger partial charge in [0.1, 0.15) is 24.2 Å². The van der Waals surface area contributed by atoms with Gasteiger partial charge in [0.25, 0.3) is 0 Å². The number of aryl methyl sites for hydroxylation is 1. The maximum absolute atomic E-state index is 10.6. The molecule has 3 aromatic rings. The molecule has 0 radical (unpaired) electrons. The van der Waals surface area contributed by atoms with Crippen LogP contribution < -0.4 is 4.74 Å². The highest BCUT2D eigenvalue weighted by Gasteiger charge is 2.15. The first-order chi connectivity index (χ1) is 13.5. The third-order valence-corrected chi connectivity index (χ3v) is 4.99. The number of rotatable bonds is 9. The highest BCUT2D eigenvalue weighted by atomic mass is 35.5. The van der Waals surface area contributed by atoms with Crippen molar-refractivity contribution in [3.8, 4) is 5.75 Å². The second-order valence-electron chi connectivity index (χ2n) is 7.04. The summed E-state index contributed by atoms with van der Waals surface area (Å²) >= 11 is 5.99. The van der Waals surface area contributed by atoms with Crippen molar-refractivity contribution in [3.63, 3.8) is 0 Å². The van der Waals surface area contributed by atoms with Crippen molar-refractivity contribution < 1.29 is 14.3 Å². The predicted octanol–water partition coefficient (Wildman–Crippen LogP) is 4.99. The quantitative estimate of drug-likeness (QED) is 0.550. The average molecular weight is 400 g/mol. The zero-order valence-corrected chi connectivity index (χ0v) is 17.0. The molecule has 0 spiro atoms. The summed E-state index contributed by atoms with van der Waals surface area (Å²) in [5, 5.41) is 11.3. The minimum absolute atomic E-state index is 0.236. The molecule has 0 amide bonds. The monoisotopic (exact) mass is 399 g/mol. The van der Waals surface area contributed by atoms with Crippen LogP contribution in [0.2, 0.25) is 5.02 Å². The third-order valence-electron chi connectivity index (χ3n) is 4.73. The zero-order chi connectivity index (χ0) is 19.9. The van der Waals surface area contributed by atoms with Crippen molar-refractivity contribution in [3.05, 3.63) is 88.3 Å². The topological polar surface area (TPSA) is 45.8 Å². The molecule has 5 heteroatoms. The summed E-state index contributed by atoms with van der Waals surface area (Å²) in [5.41, 5.74) is 3.40. The van der Waals surface area contributed by atoms with Gasteiger partial charge in [-0.25, -0.2) is 0 Å². The number of hydrogen-bond acceptors (Lipinski definition) is 4. The number of nitrogens with zero attached hydrogens (tertiary/aromatic N) is 1. The van der Waals surface area contributed by atoms with Crippen molar-refractivity contribution in [2.45, 2.75) is 33.0 Å². The zero-order valence-electron chi connectivity index (χ0n) is 16.3. The molecule has 28 heavy (non-hydrogen) atoms. The van der Waals surface area contributed by atoms with E-state index in [-0.39, 0.29) is 6.61 Å². The molecule has 1 atom stereocenters. The molecule has 0 aliphatic heterocycles. The SMILES string of the molecule is Cc1cccc(OCC(O)CN(Cc2ccc(Cl)cc2)Cc2ccco2)c1C. The van der Waals surface area contributed by atoms with E-state index < -0.39 is 6.10 Å². The predicted molar refractivity (Wildman–Crippen MR) is 112 cm³/mol. The number of hydrogen-bond donors (Lipinski definition) is 1. The Labute approximate surface area is 171 Å². The van der Waals surface area contributed by atoms with Gasteiger partial charge in [-0.1, -0.05) is 35.9 Å². The Morgan fingerprint density at radius 3 is 2.54 bits per heavy atom. The van der Waals surface area contributed by atoms with Crippen LogP contribution in [0, 0.1) is 13.8 Å². The molecule has 0 saturated heterocycles. The van der Waals surface area contributed by atoms with Gasteiger partial charge in [-0.2, -0.15) is 0 Å². The molecule has 148 valence electrons. The summed E-state index contributed by atoms with van der Waals surface area (Å²) in [6, 6.07) is 17.5. The van der Waals surface area contributed by atoms with Gasteiger partial charge in [0, 0.05) is 18.1 Å². The lowest BCUT2D eigenvalue weighted by molar-refractivity contribution is 0.0602. The fourth-order valence-electron chi connectivity index (χ4n) is 3.07. The Kier molecular flexibility index (Phi) is 7.15. The lowest BCUT2D eigenvalue weighted by Crippen LogP contribution is -2.35. The van der Waals surface area contributed by atoms with E-state index in [1.807, 2.05) is 55.5 Å². The summed E-state index contributed by atoms with van der Waals surface area (Å²) in [4.78, 5) is 2.14. The van der Waals surface area contributed by atoms with E-state index in [0.717, 1.165) is 22.6 Å². The fraction of sp³-hybridized carbons (Fsp3) is 0.304. The minimum atomic E-state index is -0.623. The van der Waals surface area contributed by atoms with Crippen molar-refractivity contribution in [1.29, 1.82) is 0 Å². The summed E-state index contributed by atoms with van der Waals surface area (Å²) in [6.45, 7) is 6.07. The number of ether oxygens (including phenoxy) is 1. The van der Waals surface area contributed by atoms with Crippen LogP contribution in [0.4, 0.5) is 0 Å². The normalized spacial score (nSPS) is 12.3. The number of aliphatic hydroxyl groups is 1. The average Bonchev–Trinajstić information content (AvgIpc) is 3.18. The summed E-state index contributed by atoms with van der Waals surface area (Å²) in [7, 11) is 0. The van der Waals surface area contributed by atoms with E-state index in [2.05, 4.69) is 17.9 Å². The second kappa shape index (κ2) is 9.78. The Morgan fingerprint density at radius 2 is 1.82 bits per heavy atom. The van der Waals surface area contributed by atoms with Crippen molar-refractivity contribution in [2.75, 3.05) is 13.2 Å². The van der Waals surface area contributed by atoms with Crippen LogP contribution in [0.1, 0.15) is 22.5 Å². The fourth-order valence-corrected chi connectivity index (χ4v) is 3.20. The van der Waals surface area contributed by atoms with Crippen LogP contribution in [0.15, 0.2) is 65.3 Å². The van der Waals surface area contributed by atoms with Gasteiger partial charge in [-0.05, 0) is 60.9 Å². The van der Waals surface area contributed by atoms with Crippen LogP contribution in [0.25, 0.3) is 0 Å². The van der Waals surface area contributed by atoms with Crippen molar-refractivity contribution >= 4 is 11.6 Å². The van der Waals surface area contributed by atoms with Gasteiger partial charge in [-0.3, -0.25) is 4.90 Å². The molecule has 0 fully saturated rings. The molecule has 1 N–H and O–H groups in total. The summed E-state index contributed by atoms with van der Waals surface area (Å²) < 4.78 is 11.3. The standard InChI is InChI=1S/C23H26ClNO3/c1-17-5-3-7-23(18(17)2)28-16-21(26)14-25(15-22-6-4-12-27-22)13-19-8-10-20(24)11-9-19/h3-12,21,26H,13-16H2,1-2H3. The molecular weight excluding hydrogens is 374 g/mol. The van der Waals surface area contributed by atoms with Gasteiger partial charge in [0.2, 0.25) is 0 Å². The van der Waals surface area contributed by atoms with E-state index in [0.29, 0.717) is 24.7 Å². The smallest absolute Gasteiger partial charge is 0.122 e. The van der Waals surface area contributed by atoms with Crippen LogP contribution >= 0.6 is 11.6 Å². The Balaban J connectivity index is 1.62. The first-order valence-corrected chi connectivity index (χ1v) is 9.75. The van der Waals surface area contributed by atoms with Gasteiger partial charge < -0.3 is 14.3 Å². The molecule has 1 heterocycles. The molecule has 4 nitrogen and oxygen atoms in total. The molecule has 1 aromatic heterocycles.